The number of H-pyrrole nitrogens is 1. The summed E-state index contributed by atoms with van der Waals surface area (Å²) < 4.78 is 25.1. The minimum Gasteiger partial charge on any atom is -0.342 e. The molecule has 4 rings (SSSR count). The molecule has 2 N–H and O–H groups in total. The first kappa shape index (κ1) is 21.5. The minimum absolute atomic E-state index is 0.121. The lowest BCUT2D eigenvalue weighted by Crippen LogP contribution is -2.27. The van der Waals surface area contributed by atoms with Crippen molar-refractivity contribution in [3.63, 3.8) is 0 Å². The zero-order valence-electron chi connectivity index (χ0n) is 17.5. The van der Waals surface area contributed by atoms with E-state index in [1.165, 1.54) is 0 Å². The van der Waals surface area contributed by atoms with Gasteiger partial charge in [-0.3, -0.25) is 4.79 Å². The van der Waals surface area contributed by atoms with E-state index in [-0.39, 0.29) is 22.6 Å². The van der Waals surface area contributed by atoms with Crippen molar-refractivity contribution in [1.29, 1.82) is 0 Å². The number of carbonyl (C=O) groups excluding carboxylic acids is 1. The van der Waals surface area contributed by atoms with Gasteiger partial charge in [0.05, 0.1) is 28.6 Å². The van der Waals surface area contributed by atoms with E-state index in [9.17, 15) is 13.2 Å². The smallest absolute Gasteiger partial charge is 0.251 e. The average molecular weight is 446 g/mol. The summed E-state index contributed by atoms with van der Waals surface area (Å²) >= 11 is 0. The maximum atomic E-state index is 12.7. The summed E-state index contributed by atoms with van der Waals surface area (Å²) in [5.74, 6) is 0.277. The van der Waals surface area contributed by atoms with Gasteiger partial charge in [0.15, 0.2) is 9.84 Å². The molecule has 6 nitrogen and oxygen atoms in total. The van der Waals surface area contributed by atoms with Gasteiger partial charge in [-0.2, -0.15) is 0 Å². The first-order valence-electron chi connectivity index (χ1n) is 10.2. The number of imidazole rings is 1. The van der Waals surface area contributed by atoms with Gasteiger partial charge < -0.3 is 10.3 Å². The molecule has 1 aromatic heterocycles. The Morgan fingerprint density at radius 2 is 1.56 bits per heavy atom. The molecule has 0 aliphatic carbocycles. The molecule has 1 unspecified atom stereocenters. The van der Waals surface area contributed by atoms with Crippen LogP contribution in [0, 0.1) is 0 Å². The lowest BCUT2D eigenvalue weighted by Gasteiger charge is -2.12. The third-order valence-corrected chi connectivity index (χ3v) is 6.82. The molecule has 0 radical (unpaired) electrons. The highest BCUT2D eigenvalue weighted by atomic mass is 32.2. The van der Waals surface area contributed by atoms with E-state index in [2.05, 4.69) is 15.3 Å². The van der Waals surface area contributed by atoms with E-state index >= 15 is 0 Å². The summed E-state index contributed by atoms with van der Waals surface area (Å²) in [7, 11) is -3.44. The Morgan fingerprint density at radius 3 is 2.22 bits per heavy atom. The van der Waals surface area contributed by atoms with E-state index in [4.69, 9.17) is 0 Å². The molecule has 1 amide bonds. The fourth-order valence-corrected chi connectivity index (χ4v) is 4.72. The molecule has 0 spiro atoms. The molecular formula is C25H23N3O3S. The molecule has 0 aliphatic rings. The zero-order valence-corrected chi connectivity index (χ0v) is 18.3. The van der Waals surface area contributed by atoms with Crippen molar-refractivity contribution >= 4 is 15.7 Å². The second-order valence-electron chi connectivity index (χ2n) is 7.51. The number of amides is 1. The van der Waals surface area contributed by atoms with Gasteiger partial charge in [0.25, 0.3) is 5.91 Å². The summed E-state index contributed by atoms with van der Waals surface area (Å²) in [6.45, 7) is 1.85. The van der Waals surface area contributed by atoms with Crippen LogP contribution < -0.4 is 5.32 Å². The number of aromatic amines is 1. The number of nitrogens with zero attached hydrogens (tertiary/aromatic N) is 1. The van der Waals surface area contributed by atoms with Crippen molar-refractivity contribution in [2.45, 2.75) is 23.6 Å². The van der Waals surface area contributed by atoms with Crippen molar-refractivity contribution in [3.05, 3.63) is 108 Å². The second-order valence-corrected chi connectivity index (χ2v) is 9.50. The highest BCUT2D eigenvalue weighted by Gasteiger charge is 2.17. The highest BCUT2D eigenvalue weighted by Crippen LogP contribution is 2.20. The van der Waals surface area contributed by atoms with Crippen LogP contribution in [-0.2, 0) is 15.6 Å². The van der Waals surface area contributed by atoms with E-state index in [0.29, 0.717) is 17.0 Å². The molecule has 3 aromatic carbocycles. The number of carbonyl (C=O) groups is 1. The molecule has 0 saturated carbocycles. The number of hydrogen-bond acceptors (Lipinski definition) is 4. The Kier molecular flexibility index (Phi) is 6.18. The molecule has 1 heterocycles. The van der Waals surface area contributed by atoms with Crippen molar-refractivity contribution in [2.24, 2.45) is 0 Å². The molecule has 0 fully saturated rings. The van der Waals surface area contributed by atoms with Gasteiger partial charge in [-0.1, -0.05) is 60.7 Å². The third kappa shape index (κ3) is 4.95. The SMILES string of the molecule is CC(NC(=O)c1ccc(CS(=O)(=O)c2ccccc2)cc1)c1ncc(-c2ccccc2)[nH]1. The molecular weight excluding hydrogens is 422 g/mol. The summed E-state index contributed by atoms with van der Waals surface area (Å²) in [4.78, 5) is 20.6. The molecule has 0 aliphatic heterocycles. The number of aromatic nitrogens is 2. The van der Waals surface area contributed by atoms with Gasteiger partial charge in [0, 0.05) is 5.56 Å². The van der Waals surface area contributed by atoms with E-state index in [1.807, 2.05) is 37.3 Å². The van der Waals surface area contributed by atoms with E-state index in [1.54, 1.807) is 60.8 Å². The number of rotatable bonds is 7. The standard InChI is InChI=1S/C25H23N3O3S/c1-18(24-26-16-23(28-24)20-8-4-2-5-9-20)27-25(29)21-14-12-19(13-15-21)17-32(30,31)22-10-6-3-7-11-22/h2-16,18H,17H2,1H3,(H,26,28)(H,27,29). The van der Waals surface area contributed by atoms with Crippen LogP contribution in [-0.4, -0.2) is 24.3 Å². The molecule has 0 saturated heterocycles. The Labute approximate surface area is 187 Å². The van der Waals surface area contributed by atoms with Crippen LogP contribution in [0.4, 0.5) is 0 Å². The maximum Gasteiger partial charge on any atom is 0.251 e. The number of hydrogen-bond donors (Lipinski definition) is 2. The predicted molar refractivity (Wildman–Crippen MR) is 124 cm³/mol. The van der Waals surface area contributed by atoms with Gasteiger partial charge in [0.1, 0.15) is 5.82 Å². The second kappa shape index (κ2) is 9.20. The topological polar surface area (TPSA) is 91.9 Å². The van der Waals surface area contributed by atoms with E-state index in [0.717, 1.165) is 11.3 Å². The Bertz CT molecular complexity index is 1300. The highest BCUT2D eigenvalue weighted by molar-refractivity contribution is 7.90. The van der Waals surface area contributed by atoms with Crippen LogP contribution in [0.15, 0.2) is 96.0 Å². The van der Waals surface area contributed by atoms with Crippen LogP contribution >= 0.6 is 0 Å². The summed E-state index contributed by atoms with van der Waals surface area (Å²) in [6, 6.07) is 24.4. The van der Waals surface area contributed by atoms with Crippen molar-refractivity contribution in [1.82, 2.24) is 15.3 Å². The quantitative estimate of drug-likeness (QED) is 0.437. The van der Waals surface area contributed by atoms with Crippen LogP contribution in [0.25, 0.3) is 11.3 Å². The molecule has 32 heavy (non-hydrogen) atoms. The van der Waals surface area contributed by atoms with Crippen LogP contribution in [0.1, 0.15) is 34.7 Å². The van der Waals surface area contributed by atoms with Gasteiger partial charge in [-0.05, 0) is 42.3 Å². The van der Waals surface area contributed by atoms with Crippen molar-refractivity contribution in [3.8, 4) is 11.3 Å². The van der Waals surface area contributed by atoms with Gasteiger partial charge in [0.2, 0.25) is 0 Å². The lowest BCUT2D eigenvalue weighted by atomic mass is 10.1. The Hall–Kier alpha value is -3.71. The summed E-state index contributed by atoms with van der Waals surface area (Å²) in [6.07, 6.45) is 1.75. The number of sulfone groups is 1. The van der Waals surface area contributed by atoms with Crippen LogP contribution in [0.3, 0.4) is 0 Å². The first-order chi connectivity index (χ1) is 15.4. The molecule has 162 valence electrons. The fourth-order valence-electron chi connectivity index (χ4n) is 3.35. The fraction of sp³-hybridized carbons (Fsp3) is 0.120. The van der Waals surface area contributed by atoms with Gasteiger partial charge in [-0.25, -0.2) is 13.4 Å². The Balaban J connectivity index is 1.40. The van der Waals surface area contributed by atoms with E-state index < -0.39 is 9.84 Å². The average Bonchev–Trinajstić information content (AvgIpc) is 3.31. The molecule has 0 bridgehead atoms. The third-order valence-electron chi connectivity index (χ3n) is 5.11. The monoisotopic (exact) mass is 445 g/mol. The largest absolute Gasteiger partial charge is 0.342 e. The maximum absolute atomic E-state index is 12.7. The minimum atomic E-state index is -3.44. The van der Waals surface area contributed by atoms with Crippen LogP contribution in [0.5, 0.6) is 0 Å². The normalized spacial score (nSPS) is 12.3. The lowest BCUT2D eigenvalue weighted by molar-refractivity contribution is 0.0938. The number of benzene rings is 3. The van der Waals surface area contributed by atoms with Crippen LogP contribution in [0.2, 0.25) is 0 Å². The summed E-state index contributed by atoms with van der Waals surface area (Å²) in [5, 5.41) is 2.92. The van der Waals surface area contributed by atoms with Crippen molar-refractivity contribution < 1.29 is 13.2 Å². The predicted octanol–water partition coefficient (Wildman–Crippen LogP) is 4.54. The van der Waals surface area contributed by atoms with Crippen molar-refractivity contribution in [2.75, 3.05) is 0 Å². The summed E-state index contributed by atoms with van der Waals surface area (Å²) in [5.41, 5.74) is 2.97. The number of nitrogens with one attached hydrogen (secondary N) is 2. The first-order valence-corrected chi connectivity index (χ1v) is 11.9. The van der Waals surface area contributed by atoms with Gasteiger partial charge in [-0.15, -0.1) is 0 Å². The molecule has 4 aromatic rings. The Morgan fingerprint density at radius 1 is 0.938 bits per heavy atom. The molecule has 7 heteroatoms. The zero-order chi connectivity index (χ0) is 22.6. The van der Waals surface area contributed by atoms with Gasteiger partial charge >= 0.3 is 0 Å². The molecule has 1 atom stereocenters.